The van der Waals surface area contributed by atoms with Crippen molar-refractivity contribution in [3.8, 4) is 11.5 Å². The Balaban J connectivity index is 0.00000242. The summed E-state index contributed by atoms with van der Waals surface area (Å²) < 4.78 is 12.3. The van der Waals surface area contributed by atoms with E-state index in [1.54, 1.807) is 32.0 Å². The summed E-state index contributed by atoms with van der Waals surface area (Å²) in [6.07, 6.45) is 0. The fourth-order valence-corrected chi connectivity index (χ4v) is 7.45. The zero-order chi connectivity index (χ0) is 15.6. The number of benzene rings is 2. The van der Waals surface area contributed by atoms with Crippen LogP contribution < -0.4 is 34.7 Å². The molecule has 0 saturated carbocycles. The van der Waals surface area contributed by atoms with Gasteiger partial charge in [0.15, 0.2) is 0 Å². The molecule has 0 aliphatic carbocycles. The minimum Gasteiger partial charge on any atom is -0.872 e. The number of aromatic hydroxyl groups is 1. The molecule has 0 aliphatic heterocycles. The van der Waals surface area contributed by atoms with Gasteiger partial charge in [-0.15, -0.1) is 5.75 Å². The molecule has 22 heavy (non-hydrogen) atoms. The SMILES string of the molecule is Cc1cc([O-])cc(SP(=O)(O)Sc2cc(C)cc(O)c2)c1.[Na+]. The summed E-state index contributed by atoms with van der Waals surface area (Å²) in [7, 11) is 0. The maximum absolute atomic E-state index is 12.3. The fourth-order valence-electron chi connectivity index (χ4n) is 1.83. The Bertz CT molecular complexity index is 626. The number of phenolic OH excluding ortho intramolecular Hbond substituents is 1. The van der Waals surface area contributed by atoms with Gasteiger partial charge in [-0.25, -0.2) is 0 Å². The largest absolute Gasteiger partial charge is 1.00 e. The molecule has 0 aliphatic rings. The Kier molecular flexibility index (Phi) is 7.40. The molecule has 1 unspecified atom stereocenters. The zero-order valence-electron chi connectivity index (χ0n) is 12.4. The maximum Gasteiger partial charge on any atom is 1.00 e. The molecule has 0 radical (unpaired) electrons. The van der Waals surface area contributed by atoms with Gasteiger partial charge in [0.05, 0.1) is 0 Å². The van der Waals surface area contributed by atoms with Crippen LogP contribution in [0.25, 0.3) is 0 Å². The average molecular weight is 364 g/mol. The van der Waals surface area contributed by atoms with Gasteiger partial charge in [0, 0.05) is 9.79 Å². The molecule has 0 heterocycles. The van der Waals surface area contributed by atoms with Crippen LogP contribution in [0.3, 0.4) is 0 Å². The predicted octanol–water partition coefficient (Wildman–Crippen LogP) is 1.07. The fraction of sp³-hybridized carbons (Fsp3) is 0.143. The van der Waals surface area contributed by atoms with Crippen LogP contribution >= 0.6 is 28.5 Å². The monoisotopic (exact) mass is 364 g/mol. The molecule has 2 N–H and O–H groups in total. The standard InChI is InChI=1S/C14H15O4PS2.Na/c1-9-3-11(15)7-13(5-9)20-19(17,18)21-14-6-10(2)4-12(16)8-14;/h3-8,15-16H,1-2H3,(H,17,18);/q;+1/p-1. The van der Waals surface area contributed by atoms with E-state index in [-0.39, 0.29) is 41.1 Å². The van der Waals surface area contributed by atoms with Crippen molar-refractivity contribution in [2.24, 2.45) is 0 Å². The molecule has 1 atom stereocenters. The molecule has 2 aromatic rings. The number of rotatable bonds is 4. The van der Waals surface area contributed by atoms with Gasteiger partial charge >= 0.3 is 35.3 Å². The molecule has 0 fully saturated rings. The van der Waals surface area contributed by atoms with Crippen molar-refractivity contribution in [3.05, 3.63) is 47.5 Å². The first-order valence-corrected chi connectivity index (χ1v) is 10.6. The van der Waals surface area contributed by atoms with Crippen LogP contribution in [0, 0.1) is 13.8 Å². The Morgan fingerprint density at radius 3 is 1.95 bits per heavy atom. The first-order chi connectivity index (χ1) is 9.73. The average Bonchev–Trinajstić information content (AvgIpc) is 2.23. The van der Waals surface area contributed by atoms with E-state index in [0.29, 0.717) is 9.79 Å². The topological polar surface area (TPSA) is 80.6 Å². The Hall–Kier alpha value is -0.0700. The zero-order valence-corrected chi connectivity index (χ0v) is 17.0. The number of phenols is 1. The van der Waals surface area contributed by atoms with Crippen LogP contribution in [0.2, 0.25) is 0 Å². The summed E-state index contributed by atoms with van der Waals surface area (Å²) in [5.74, 6) is -3.76. The van der Waals surface area contributed by atoms with Crippen LogP contribution in [0.4, 0.5) is 0 Å². The van der Waals surface area contributed by atoms with Gasteiger partial charge in [-0.05, 0) is 66.4 Å². The van der Waals surface area contributed by atoms with E-state index in [1.165, 1.54) is 18.2 Å². The third kappa shape index (κ3) is 6.20. The van der Waals surface area contributed by atoms with Gasteiger partial charge in [-0.1, -0.05) is 17.7 Å². The molecule has 0 aromatic heterocycles. The normalized spacial score (nSPS) is 13.2. The quantitative estimate of drug-likeness (QED) is 0.624. The molecule has 2 rings (SSSR count). The molecule has 112 valence electrons. The van der Waals surface area contributed by atoms with Crippen molar-refractivity contribution >= 4 is 28.5 Å². The van der Waals surface area contributed by atoms with Gasteiger partial charge < -0.3 is 15.1 Å². The van der Waals surface area contributed by atoms with Crippen molar-refractivity contribution in [2.75, 3.05) is 0 Å². The number of aryl methyl sites for hydroxylation is 2. The number of hydrogen-bond acceptors (Lipinski definition) is 5. The van der Waals surface area contributed by atoms with E-state index >= 15 is 0 Å². The van der Waals surface area contributed by atoms with E-state index < -0.39 is 5.77 Å². The van der Waals surface area contributed by atoms with Crippen LogP contribution in [-0.2, 0) is 4.57 Å². The Morgan fingerprint density at radius 1 is 0.955 bits per heavy atom. The molecule has 8 heteroatoms. The summed E-state index contributed by atoms with van der Waals surface area (Å²) in [5.41, 5.74) is 1.56. The van der Waals surface area contributed by atoms with E-state index in [2.05, 4.69) is 0 Å². The predicted molar refractivity (Wildman–Crippen MR) is 85.0 cm³/mol. The summed E-state index contributed by atoms with van der Waals surface area (Å²) in [4.78, 5) is 11.1. The van der Waals surface area contributed by atoms with Gasteiger partial charge in [-0.3, -0.25) is 4.57 Å². The summed E-state index contributed by atoms with van der Waals surface area (Å²) in [6.45, 7) is 3.56. The summed E-state index contributed by atoms with van der Waals surface area (Å²) in [5, 5.41) is 20.9. The second-order valence-corrected chi connectivity index (χ2v) is 11.6. The van der Waals surface area contributed by atoms with Crippen LogP contribution in [0.1, 0.15) is 11.1 Å². The molecule has 0 bridgehead atoms. The second-order valence-electron chi connectivity index (χ2n) is 4.64. The minimum absolute atomic E-state index is 0. The van der Waals surface area contributed by atoms with Gasteiger partial charge in [0.2, 0.25) is 0 Å². The minimum atomic E-state index is -3.63. The van der Waals surface area contributed by atoms with E-state index in [4.69, 9.17) is 0 Å². The van der Waals surface area contributed by atoms with Crippen LogP contribution in [-0.4, -0.2) is 10.00 Å². The molecule has 0 saturated heterocycles. The van der Waals surface area contributed by atoms with Gasteiger partial charge in [0.1, 0.15) is 5.75 Å². The molecule has 0 spiro atoms. The first kappa shape index (κ1) is 20.0. The van der Waals surface area contributed by atoms with Crippen molar-refractivity contribution in [1.29, 1.82) is 0 Å². The first-order valence-electron chi connectivity index (χ1n) is 6.05. The second kappa shape index (κ2) is 8.15. The maximum atomic E-state index is 12.3. The van der Waals surface area contributed by atoms with E-state index in [0.717, 1.165) is 33.9 Å². The molecule has 4 nitrogen and oxygen atoms in total. The Labute approximate surface area is 159 Å². The number of hydrogen-bond donors (Lipinski definition) is 2. The summed E-state index contributed by atoms with van der Waals surface area (Å²) >= 11 is 1.57. The third-order valence-corrected chi connectivity index (χ3v) is 7.85. The van der Waals surface area contributed by atoms with Crippen molar-refractivity contribution in [3.63, 3.8) is 0 Å². The smallest absolute Gasteiger partial charge is 0.872 e. The summed E-state index contributed by atoms with van der Waals surface area (Å²) in [6, 6.07) is 9.25. The van der Waals surface area contributed by atoms with Crippen LogP contribution in [0.5, 0.6) is 11.5 Å². The Morgan fingerprint density at radius 2 is 1.45 bits per heavy atom. The van der Waals surface area contributed by atoms with E-state index in [1.807, 2.05) is 0 Å². The van der Waals surface area contributed by atoms with Crippen molar-refractivity contribution in [2.45, 2.75) is 23.6 Å². The van der Waals surface area contributed by atoms with Gasteiger partial charge in [-0.2, -0.15) is 0 Å². The van der Waals surface area contributed by atoms with E-state index in [9.17, 15) is 19.7 Å². The van der Waals surface area contributed by atoms with Crippen molar-refractivity contribution < 1.29 is 49.2 Å². The molecule has 2 aromatic carbocycles. The molecular weight excluding hydrogens is 350 g/mol. The third-order valence-electron chi connectivity index (χ3n) is 2.50. The van der Waals surface area contributed by atoms with Crippen molar-refractivity contribution in [1.82, 2.24) is 0 Å². The molecular formula is C14H14NaO4PS2. The molecule has 0 amide bonds. The van der Waals surface area contributed by atoms with Crippen LogP contribution in [0.15, 0.2) is 46.2 Å². The van der Waals surface area contributed by atoms with Gasteiger partial charge in [0.25, 0.3) is 0 Å².